The summed E-state index contributed by atoms with van der Waals surface area (Å²) in [5.74, 6) is 0.105. The molecule has 18 heavy (non-hydrogen) atoms. The van der Waals surface area contributed by atoms with Crippen LogP contribution in [-0.2, 0) is 12.8 Å². The maximum atomic E-state index is 13.5. The summed E-state index contributed by atoms with van der Waals surface area (Å²) in [6.07, 6.45) is 4.13. The summed E-state index contributed by atoms with van der Waals surface area (Å²) in [5, 5.41) is 0.660. The van der Waals surface area contributed by atoms with E-state index in [1.807, 2.05) is 0 Å². The number of halogens is 1. The molecule has 0 amide bonds. The molecule has 1 aromatic carbocycles. The van der Waals surface area contributed by atoms with Gasteiger partial charge in [-0.15, -0.1) is 0 Å². The van der Waals surface area contributed by atoms with Crippen molar-refractivity contribution in [3.05, 3.63) is 29.2 Å². The third kappa shape index (κ3) is 1.60. The molecule has 1 aliphatic carbocycles. The Morgan fingerprint density at radius 3 is 2.83 bits per heavy atom. The van der Waals surface area contributed by atoms with E-state index in [-0.39, 0.29) is 5.82 Å². The van der Waals surface area contributed by atoms with Gasteiger partial charge in [0.2, 0.25) is 0 Å². The molecule has 1 heterocycles. The number of nitrogens with two attached hydrogens (primary N) is 1. The van der Waals surface area contributed by atoms with Crippen molar-refractivity contribution >= 4 is 16.6 Å². The highest BCUT2D eigenvalue weighted by Crippen LogP contribution is 2.35. The minimum atomic E-state index is -0.344. The van der Waals surface area contributed by atoms with Crippen LogP contribution in [0.4, 0.5) is 10.1 Å². The molecule has 1 aromatic heterocycles. The van der Waals surface area contributed by atoms with Crippen LogP contribution in [0, 0.1) is 5.82 Å². The number of nitrogens with zero attached hydrogens (tertiary/aromatic N) is 1. The van der Waals surface area contributed by atoms with Gasteiger partial charge in [0.1, 0.15) is 17.1 Å². The fourth-order valence-corrected chi connectivity index (χ4v) is 2.65. The number of hydrogen-bond acceptors (Lipinski definition) is 3. The van der Waals surface area contributed by atoms with Crippen LogP contribution in [-0.4, -0.2) is 12.1 Å². The Balaban J connectivity index is 2.37. The maximum Gasteiger partial charge on any atom is 0.148 e. The minimum Gasteiger partial charge on any atom is -0.494 e. The zero-order chi connectivity index (χ0) is 12.7. The van der Waals surface area contributed by atoms with E-state index in [1.165, 1.54) is 19.2 Å². The first-order chi connectivity index (χ1) is 8.70. The number of fused-ring (bicyclic) bond motifs is 2. The minimum absolute atomic E-state index is 0.344. The number of aryl methyl sites for hydroxylation is 1. The molecule has 94 valence electrons. The maximum absolute atomic E-state index is 13.5. The fourth-order valence-electron chi connectivity index (χ4n) is 2.65. The van der Waals surface area contributed by atoms with Crippen LogP contribution in [0.1, 0.15) is 24.1 Å². The van der Waals surface area contributed by atoms with Gasteiger partial charge >= 0.3 is 0 Å². The number of rotatable bonds is 1. The standard InChI is InChI=1S/C14H15FN2O/c1-18-12-7-8(15)6-10-13(16)9-4-2-3-5-11(9)17-14(10)12/h6-7H,2-5H2,1H3,(H2,16,17). The Kier molecular flexibility index (Phi) is 2.58. The fraction of sp³-hybridized carbons (Fsp3) is 0.357. The Labute approximate surface area is 105 Å². The SMILES string of the molecule is COc1cc(F)cc2c(N)c3c(nc12)CCCC3. The molecule has 0 fully saturated rings. The van der Waals surface area contributed by atoms with E-state index in [4.69, 9.17) is 10.5 Å². The molecule has 0 spiro atoms. The van der Waals surface area contributed by atoms with Gasteiger partial charge < -0.3 is 10.5 Å². The number of hydrogen-bond donors (Lipinski definition) is 1. The average molecular weight is 246 g/mol. The van der Waals surface area contributed by atoms with Gasteiger partial charge in [0.05, 0.1) is 7.11 Å². The van der Waals surface area contributed by atoms with Crippen LogP contribution < -0.4 is 10.5 Å². The summed E-state index contributed by atoms with van der Waals surface area (Å²) in [6, 6.07) is 2.79. The Morgan fingerprint density at radius 2 is 2.06 bits per heavy atom. The van der Waals surface area contributed by atoms with E-state index < -0.39 is 0 Å². The summed E-state index contributed by atoms with van der Waals surface area (Å²) < 4.78 is 18.7. The topological polar surface area (TPSA) is 48.1 Å². The predicted octanol–water partition coefficient (Wildman–Crippen LogP) is 2.84. The van der Waals surface area contributed by atoms with E-state index in [1.54, 1.807) is 0 Å². The van der Waals surface area contributed by atoms with Crippen LogP contribution in [0.5, 0.6) is 5.75 Å². The zero-order valence-electron chi connectivity index (χ0n) is 10.3. The lowest BCUT2D eigenvalue weighted by Crippen LogP contribution is -2.10. The van der Waals surface area contributed by atoms with Crippen LogP contribution in [0.25, 0.3) is 10.9 Å². The molecule has 0 unspecified atom stereocenters. The van der Waals surface area contributed by atoms with Gasteiger partial charge in [0.25, 0.3) is 0 Å². The molecule has 2 aromatic rings. The Bertz CT molecular complexity index is 625. The first kappa shape index (κ1) is 11.3. The molecule has 0 atom stereocenters. The molecular formula is C14H15FN2O. The van der Waals surface area contributed by atoms with Gasteiger partial charge in [-0.1, -0.05) is 0 Å². The largest absolute Gasteiger partial charge is 0.494 e. The van der Waals surface area contributed by atoms with Crippen molar-refractivity contribution < 1.29 is 9.13 Å². The van der Waals surface area contributed by atoms with Crippen molar-refractivity contribution in [2.24, 2.45) is 0 Å². The number of aromatic nitrogens is 1. The van der Waals surface area contributed by atoms with Gasteiger partial charge in [-0.3, -0.25) is 0 Å². The third-order valence-corrected chi connectivity index (χ3v) is 3.56. The molecule has 0 aliphatic heterocycles. The molecule has 0 saturated heterocycles. The molecule has 0 radical (unpaired) electrons. The molecular weight excluding hydrogens is 231 g/mol. The number of anilines is 1. The van der Waals surface area contributed by atoms with E-state index >= 15 is 0 Å². The van der Waals surface area contributed by atoms with E-state index in [2.05, 4.69) is 4.98 Å². The highest BCUT2D eigenvalue weighted by atomic mass is 19.1. The summed E-state index contributed by atoms with van der Waals surface area (Å²) in [6.45, 7) is 0. The van der Waals surface area contributed by atoms with Crippen LogP contribution in [0.2, 0.25) is 0 Å². The average Bonchev–Trinajstić information content (AvgIpc) is 2.39. The lowest BCUT2D eigenvalue weighted by Gasteiger charge is -2.19. The van der Waals surface area contributed by atoms with E-state index in [9.17, 15) is 4.39 Å². The lowest BCUT2D eigenvalue weighted by atomic mass is 9.93. The normalized spacial score (nSPS) is 14.6. The second-order valence-electron chi connectivity index (χ2n) is 4.66. The highest BCUT2D eigenvalue weighted by Gasteiger charge is 2.18. The predicted molar refractivity (Wildman–Crippen MR) is 69.3 cm³/mol. The monoisotopic (exact) mass is 246 g/mol. The summed E-state index contributed by atoms with van der Waals surface area (Å²) >= 11 is 0. The first-order valence-corrected chi connectivity index (χ1v) is 6.15. The summed E-state index contributed by atoms with van der Waals surface area (Å²) in [7, 11) is 1.52. The van der Waals surface area contributed by atoms with Gasteiger partial charge in [-0.2, -0.15) is 0 Å². The van der Waals surface area contributed by atoms with Crippen molar-refractivity contribution in [3.63, 3.8) is 0 Å². The molecule has 2 N–H and O–H groups in total. The van der Waals surface area contributed by atoms with Crippen LogP contribution >= 0.6 is 0 Å². The number of benzene rings is 1. The third-order valence-electron chi connectivity index (χ3n) is 3.56. The molecule has 3 nitrogen and oxygen atoms in total. The van der Waals surface area contributed by atoms with Crippen LogP contribution in [0.15, 0.2) is 12.1 Å². The van der Waals surface area contributed by atoms with Gasteiger partial charge in [0, 0.05) is 22.8 Å². The Morgan fingerprint density at radius 1 is 1.28 bits per heavy atom. The van der Waals surface area contributed by atoms with Crippen LogP contribution in [0.3, 0.4) is 0 Å². The zero-order valence-corrected chi connectivity index (χ0v) is 10.3. The quantitative estimate of drug-likeness (QED) is 0.841. The molecule has 0 saturated carbocycles. The van der Waals surface area contributed by atoms with Crippen molar-refractivity contribution in [3.8, 4) is 5.75 Å². The van der Waals surface area contributed by atoms with E-state index in [0.29, 0.717) is 22.3 Å². The summed E-state index contributed by atoms with van der Waals surface area (Å²) in [4.78, 5) is 4.62. The van der Waals surface area contributed by atoms with Crippen molar-refractivity contribution in [1.29, 1.82) is 0 Å². The first-order valence-electron chi connectivity index (χ1n) is 6.15. The van der Waals surface area contributed by atoms with Gasteiger partial charge in [0.15, 0.2) is 0 Å². The second kappa shape index (κ2) is 4.12. The highest BCUT2D eigenvalue weighted by molar-refractivity contribution is 5.95. The number of methoxy groups -OCH3 is 1. The smallest absolute Gasteiger partial charge is 0.148 e. The number of pyridine rings is 1. The lowest BCUT2D eigenvalue weighted by molar-refractivity contribution is 0.415. The molecule has 4 heteroatoms. The molecule has 0 bridgehead atoms. The number of nitrogen functional groups attached to an aromatic ring is 1. The summed E-state index contributed by atoms with van der Waals surface area (Å²) in [5.41, 5.74) is 9.62. The van der Waals surface area contributed by atoms with Gasteiger partial charge in [-0.05, 0) is 37.3 Å². The van der Waals surface area contributed by atoms with E-state index in [0.717, 1.165) is 36.9 Å². The van der Waals surface area contributed by atoms with Crippen molar-refractivity contribution in [2.45, 2.75) is 25.7 Å². The van der Waals surface area contributed by atoms with Crippen molar-refractivity contribution in [1.82, 2.24) is 4.98 Å². The Hall–Kier alpha value is -1.84. The second-order valence-corrected chi connectivity index (χ2v) is 4.66. The molecule has 1 aliphatic rings. The van der Waals surface area contributed by atoms with Gasteiger partial charge in [-0.25, -0.2) is 9.37 Å². The van der Waals surface area contributed by atoms with Crippen molar-refractivity contribution in [2.75, 3.05) is 12.8 Å². The number of ether oxygens (including phenoxy) is 1. The molecule has 3 rings (SSSR count).